The third kappa shape index (κ3) is 3.62. The lowest BCUT2D eigenvalue weighted by atomic mass is 10.1. The van der Waals surface area contributed by atoms with Gasteiger partial charge in [0.15, 0.2) is 6.29 Å². The maximum absolute atomic E-state index is 12.1. The van der Waals surface area contributed by atoms with Crippen LogP contribution in [0.4, 0.5) is 13.2 Å². The summed E-state index contributed by atoms with van der Waals surface area (Å²) in [5.41, 5.74) is 0.648. The number of carbonyl (C=O) groups is 1. The number of hydrogen-bond acceptors (Lipinski definition) is 4. The number of benzene rings is 1. The highest BCUT2D eigenvalue weighted by atomic mass is 19.4. The van der Waals surface area contributed by atoms with E-state index in [4.69, 9.17) is 4.42 Å². The fraction of sp³-hybridized carbons (Fsp3) is 0.286. The van der Waals surface area contributed by atoms with E-state index in [-0.39, 0.29) is 23.3 Å². The van der Waals surface area contributed by atoms with Crippen LogP contribution in [0.15, 0.2) is 28.7 Å². The molecule has 21 heavy (non-hydrogen) atoms. The van der Waals surface area contributed by atoms with E-state index in [9.17, 15) is 18.0 Å². The smallest absolute Gasteiger partial charge is 0.440 e. The Morgan fingerprint density at radius 3 is 2.29 bits per heavy atom. The van der Waals surface area contributed by atoms with Crippen LogP contribution >= 0.6 is 0 Å². The number of rotatable bonds is 4. The molecule has 1 aromatic carbocycles. The highest BCUT2D eigenvalue weighted by Crippen LogP contribution is 2.29. The van der Waals surface area contributed by atoms with Crippen LogP contribution in [0.5, 0.6) is 5.75 Å². The average Bonchev–Trinajstić information content (AvgIpc) is 2.82. The van der Waals surface area contributed by atoms with Gasteiger partial charge in [0.2, 0.25) is 5.89 Å². The molecule has 0 fully saturated rings. The number of oxazole rings is 1. The minimum absolute atomic E-state index is 0.0284. The zero-order valence-corrected chi connectivity index (χ0v) is 11.3. The lowest BCUT2D eigenvalue weighted by Crippen LogP contribution is -2.16. The van der Waals surface area contributed by atoms with Gasteiger partial charge in [0.25, 0.3) is 0 Å². The molecule has 0 aliphatic rings. The second-order valence-corrected chi connectivity index (χ2v) is 4.61. The van der Waals surface area contributed by atoms with Crippen LogP contribution in [0.25, 0.3) is 11.5 Å². The predicted octanol–water partition coefficient (Wildman–Crippen LogP) is 4.18. The van der Waals surface area contributed by atoms with Crippen LogP contribution in [0, 0.1) is 0 Å². The van der Waals surface area contributed by atoms with E-state index < -0.39 is 6.36 Å². The molecule has 0 aliphatic heterocycles. The van der Waals surface area contributed by atoms with E-state index in [2.05, 4.69) is 9.72 Å². The van der Waals surface area contributed by atoms with Crippen molar-refractivity contribution in [2.45, 2.75) is 26.1 Å². The van der Waals surface area contributed by atoms with Crippen LogP contribution in [-0.4, -0.2) is 17.6 Å². The molecule has 112 valence electrons. The average molecular weight is 299 g/mol. The maximum atomic E-state index is 12.1. The van der Waals surface area contributed by atoms with Gasteiger partial charge in [0, 0.05) is 11.5 Å². The largest absolute Gasteiger partial charge is 0.573 e. The molecular formula is C14H12F3NO3. The van der Waals surface area contributed by atoms with E-state index >= 15 is 0 Å². The van der Waals surface area contributed by atoms with Crippen molar-refractivity contribution in [1.29, 1.82) is 0 Å². The molecule has 0 amide bonds. The second-order valence-electron chi connectivity index (χ2n) is 4.61. The monoisotopic (exact) mass is 299 g/mol. The van der Waals surface area contributed by atoms with Gasteiger partial charge in [-0.1, -0.05) is 13.8 Å². The fourth-order valence-corrected chi connectivity index (χ4v) is 1.76. The topological polar surface area (TPSA) is 52.3 Å². The Labute approximate surface area is 118 Å². The molecule has 0 saturated carbocycles. The van der Waals surface area contributed by atoms with E-state index in [1.807, 2.05) is 13.8 Å². The maximum Gasteiger partial charge on any atom is 0.573 e. The van der Waals surface area contributed by atoms with Crippen molar-refractivity contribution >= 4 is 6.29 Å². The van der Waals surface area contributed by atoms with Crippen molar-refractivity contribution in [3.63, 3.8) is 0 Å². The standard InChI is InChI=1S/C14H12F3NO3/c1-8(2)12-11(7-19)18-13(20-12)9-3-5-10(6-4-9)21-14(15,16)17/h3-8H,1-2H3. The Hall–Kier alpha value is -2.31. The summed E-state index contributed by atoms with van der Waals surface area (Å²) in [6.07, 6.45) is -4.15. The predicted molar refractivity (Wildman–Crippen MR) is 68.1 cm³/mol. The molecule has 7 heteroatoms. The van der Waals surface area contributed by atoms with Crippen molar-refractivity contribution < 1.29 is 27.1 Å². The van der Waals surface area contributed by atoms with Gasteiger partial charge in [-0.15, -0.1) is 13.2 Å². The third-order valence-electron chi connectivity index (χ3n) is 2.65. The first-order valence-corrected chi connectivity index (χ1v) is 6.12. The summed E-state index contributed by atoms with van der Waals surface area (Å²) >= 11 is 0. The van der Waals surface area contributed by atoms with Gasteiger partial charge in [-0.05, 0) is 24.3 Å². The van der Waals surface area contributed by atoms with Crippen LogP contribution in [-0.2, 0) is 0 Å². The summed E-state index contributed by atoms with van der Waals surface area (Å²) in [5.74, 6) is 0.256. The van der Waals surface area contributed by atoms with E-state index in [1.54, 1.807) is 0 Å². The molecule has 0 atom stereocenters. The zero-order valence-electron chi connectivity index (χ0n) is 11.3. The van der Waals surface area contributed by atoms with Crippen LogP contribution in [0.3, 0.4) is 0 Å². The number of alkyl halides is 3. The van der Waals surface area contributed by atoms with Gasteiger partial charge >= 0.3 is 6.36 Å². The SMILES string of the molecule is CC(C)c1oc(-c2ccc(OC(F)(F)F)cc2)nc1C=O. The minimum Gasteiger partial charge on any atom is -0.440 e. The Kier molecular flexibility index (Phi) is 4.02. The van der Waals surface area contributed by atoms with Gasteiger partial charge in [0.05, 0.1) is 0 Å². The molecule has 1 heterocycles. The van der Waals surface area contributed by atoms with Gasteiger partial charge in [-0.2, -0.15) is 0 Å². The third-order valence-corrected chi connectivity index (χ3v) is 2.65. The van der Waals surface area contributed by atoms with Crippen molar-refractivity contribution in [3.05, 3.63) is 35.7 Å². The number of carbonyl (C=O) groups excluding carboxylic acids is 1. The molecule has 0 unspecified atom stereocenters. The van der Waals surface area contributed by atoms with Gasteiger partial charge < -0.3 is 9.15 Å². The Bertz CT molecular complexity index is 630. The summed E-state index contributed by atoms with van der Waals surface area (Å²) in [4.78, 5) is 14.9. The summed E-state index contributed by atoms with van der Waals surface area (Å²) in [6.45, 7) is 3.69. The normalized spacial score (nSPS) is 11.7. The number of halogens is 3. The quantitative estimate of drug-likeness (QED) is 0.795. The lowest BCUT2D eigenvalue weighted by molar-refractivity contribution is -0.274. The molecule has 0 saturated heterocycles. The molecule has 0 radical (unpaired) electrons. The Morgan fingerprint density at radius 2 is 1.86 bits per heavy atom. The van der Waals surface area contributed by atoms with E-state index in [0.717, 1.165) is 12.1 Å². The van der Waals surface area contributed by atoms with Crippen LogP contribution < -0.4 is 4.74 Å². The highest BCUT2D eigenvalue weighted by molar-refractivity contribution is 5.75. The number of aldehydes is 1. The summed E-state index contributed by atoms with van der Waals surface area (Å²) in [7, 11) is 0. The molecule has 0 N–H and O–H groups in total. The van der Waals surface area contributed by atoms with Crippen molar-refractivity contribution in [2.75, 3.05) is 0 Å². The zero-order chi connectivity index (χ0) is 15.6. The first kappa shape index (κ1) is 15.1. The molecule has 4 nitrogen and oxygen atoms in total. The number of hydrogen-bond donors (Lipinski definition) is 0. The number of nitrogens with zero attached hydrogens (tertiary/aromatic N) is 1. The molecule has 0 aliphatic carbocycles. The number of aromatic nitrogens is 1. The summed E-state index contributed by atoms with van der Waals surface area (Å²) < 4.78 is 45.5. The second kappa shape index (κ2) is 5.59. The van der Waals surface area contributed by atoms with Gasteiger partial charge in [-0.3, -0.25) is 4.79 Å². The van der Waals surface area contributed by atoms with Crippen molar-refractivity contribution in [2.24, 2.45) is 0 Å². The summed E-state index contributed by atoms with van der Waals surface area (Å²) in [5, 5.41) is 0. The minimum atomic E-state index is -4.74. The molecule has 2 rings (SSSR count). The van der Waals surface area contributed by atoms with Crippen molar-refractivity contribution in [3.8, 4) is 17.2 Å². The number of ether oxygens (including phenoxy) is 1. The fourth-order valence-electron chi connectivity index (χ4n) is 1.76. The molecule has 2 aromatic rings. The van der Waals surface area contributed by atoms with Crippen LogP contribution in [0.2, 0.25) is 0 Å². The highest BCUT2D eigenvalue weighted by Gasteiger charge is 2.31. The molecule has 0 spiro atoms. The summed E-state index contributed by atoms with van der Waals surface area (Å²) in [6, 6.07) is 5.07. The molecule has 0 bridgehead atoms. The molecule has 1 aromatic heterocycles. The Morgan fingerprint density at radius 1 is 1.24 bits per heavy atom. The first-order chi connectivity index (χ1) is 9.80. The first-order valence-electron chi connectivity index (χ1n) is 6.12. The van der Waals surface area contributed by atoms with E-state index in [0.29, 0.717) is 17.6 Å². The molecular weight excluding hydrogens is 287 g/mol. The lowest BCUT2D eigenvalue weighted by Gasteiger charge is -2.08. The van der Waals surface area contributed by atoms with Gasteiger partial charge in [0.1, 0.15) is 17.2 Å². The van der Waals surface area contributed by atoms with Gasteiger partial charge in [-0.25, -0.2) is 4.98 Å². The van der Waals surface area contributed by atoms with E-state index in [1.165, 1.54) is 12.1 Å². The Balaban J connectivity index is 2.29. The van der Waals surface area contributed by atoms with Crippen molar-refractivity contribution in [1.82, 2.24) is 4.98 Å². The van der Waals surface area contributed by atoms with Crippen LogP contribution in [0.1, 0.15) is 36.0 Å².